The Kier molecular flexibility index (Phi) is 2.91. The molecule has 0 saturated heterocycles. The molecule has 0 aliphatic heterocycles. The molecule has 4 heteroatoms. The Labute approximate surface area is 100 Å². The first-order chi connectivity index (χ1) is 7.51. The third kappa shape index (κ3) is 2.36. The van der Waals surface area contributed by atoms with E-state index in [4.69, 9.17) is 17.3 Å². The number of amides is 1. The van der Waals surface area contributed by atoms with Gasteiger partial charge in [-0.3, -0.25) is 4.79 Å². The predicted octanol–water partition coefficient (Wildman–Crippen LogP) is 1.79. The van der Waals surface area contributed by atoms with Gasteiger partial charge in [-0.1, -0.05) is 23.7 Å². The predicted molar refractivity (Wildman–Crippen MR) is 64.1 cm³/mol. The standard InChI is InChI=1S/C12H15ClN2O/c1-15(11(16)12(14)6-7-12)8-9-2-4-10(13)5-3-9/h2-5H,6-8,14H2,1H3. The number of carbonyl (C=O) groups excluding carboxylic acids is 1. The largest absolute Gasteiger partial charge is 0.340 e. The van der Waals surface area contributed by atoms with Gasteiger partial charge in [-0.05, 0) is 30.5 Å². The van der Waals surface area contributed by atoms with Crippen molar-refractivity contribution in [3.8, 4) is 0 Å². The molecule has 0 unspecified atom stereocenters. The SMILES string of the molecule is CN(Cc1ccc(Cl)cc1)C(=O)C1(N)CC1. The van der Waals surface area contributed by atoms with E-state index >= 15 is 0 Å². The van der Waals surface area contributed by atoms with Gasteiger partial charge < -0.3 is 10.6 Å². The molecule has 0 spiro atoms. The van der Waals surface area contributed by atoms with Crippen LogP contribution in [0.4, 0.5) is 0 Å². The molecule has 1 aliphatic rings. The van der Waals surface area contributed by atoms with Crippen LogP contribution in [0.3, 0.4) is 0 Å². The number of hydrogen-bond donors (Lipinski definition) is 1. The Morgan fingerprint density at radius 2 is 2.00 bits per heavy atom. The van der Waals surface area contributed by atoms with Crippen molar-refractivity contribution in [2.75, 3.05) is 7.05 Å². The van der Waals surface area contributed by atoms with Crippen molar-refractivity contribution >= 4 is 17.5 Å². The van der Waals surface area contributed by atoms with Gasteiger partial charge in [0.1, 0.15) is 0 Å². The fraction of sp³-hybridized carbons (Fsp3) is 0.417. The lowest BCUT2D eigenvalue weighted by atomic mass is 10.2. The quantitative estimate of drug-likeness (QED) is 0.873. The molecule has 0 aromatic heterocycles. The maximum Gasteiger partial charge on any atom is 0.242 e. The molecule has 1 aliphatic carbocycles. The second-order valence-electron chi connectivity index (χ2n) is 4.44. The zero-order chi connectivity index (χ0) is 11.8. The molecule has 0 radical (unpaired) electrons. The van der Waals surface area contributed by atoms with Crippen molar-refractivity contribution in [2.24, 2.45) is 5.73 Å². The Bertz CT molecular complexity index is 398. The maximum absolute atomic E-state index is 11.9. The molecule has 1 aromatic carbocycles. The highest BCUT2D eigenvalue weighted by Gasteiger charge is 2.47. The average Bonchev–Trinajstić information content (AvgIpc) is 3.00. The Hall–Kier alpha value is -1.06. The van der Waals surface area contributed by atoms with Crippen molar-refractivity contribution < 1.29 is 4.79 Å². The van der Waals surface area contributed by atoms with Gasteiger partial charge in [-0.2, -0.15) is 0 Å². The smallest absolute Gasteiger partial charge is 0.242 e. The van der Waals surface area contributed by atoms with Gasteiger partial charge in [-0.25, -0.2) is 0 Å². The number of benzene rings is 1. The van der Waals surface area contributed by atoms with E-state index in [1.54, 1.807) is 11.9 Å². The minimum atomic E-state index is -0.582. The number of rotatable bonds is 3. The summed E-state index contributed by atoms with van der Waals surface area (Å²) in [5.74, 6) is 0.0300. The van der Waals surface area contributed by atoms with Crippen LogP contribution in [0.1, 0.15) is 18.4 Å². The molecule has 1 fully saturated rings. The average molecular weight is 239 g/mol. The second kappa shape index (κ2) is 4.07. The molecule has 3 nitrogen and oxygen atoms in total. The summed E-state index contributed by atoms with van der Waals surface area (Å²) in [6.07, 6.45) is 1.60. The first kappa shape index (κ1) is 11.4. The maximum atomic E-state index is 11.9. The third-order valence-electron chi connectivity index (χ3n) is 2.89. The monoisotopic (exact) mass is 238 g/mol. The van der Waals surface area contributed by atoms with Crippen LogP contribution in [-0.2, 0) is 11.3 Å². The van der Waals surface area contributed by atoms with Gasteiger partial charge in [0.15, 0.2) is 0 Å². The molecule has 2 rings (SSSR count). The van der Waals surface area contributed by atoms with Crippen LogP contribution in [0.25, 0.3) is 0 Å². The van der Waals surface area contributed by atoms with Crippen LogP contribution in [-0.4, -0.2) is 23.4 Å². The molecular formula is C12H15ClN2O. The van der Waals surface area contributed by atoms with E-state index in [1.807, 2.05) is 24.3 Å². The van der Waals surface area contributed by atoms with Crippen LogP contribution in [0, 0.1) is 0 Å². The summed E-state index contributed by atoms with van der Waals surface area (Å²) in [6, 6.07) is 7.49. The first-order valence-corrected chi connectivity index (χ1v) is 5.68. The lowest BCUT2D eigenvalue weighted by Crippen LogP contribution is -2.43. The van der Waals surface area contributed by atoms with Crippen molar-refractivity contribution in [1.29, 1.82) is 0 Å². The van der Waals surface area contributed by atoms with Crippen LogP contribution in [0.5, 0.6) is 0 Å². The van der Waals surface area contributed by atoms with Gasteiger partial charge in [0.2, 0.25) is 5.91 Å². The summed E-state index contributed by atoms with van der Waals surface area (Å²) in [5, 5.41) is 0.704. The number of halogens is 1. The molecule has 0 atom stereocenters. The lowest BCUT2D eigenvalue weighted by molar-refractivity contribution is -0.132. The number of nitrogens with two attached hydrogens (primary N) is 1. The zero-order valence-corrected chi connectivity index (χ0v) is 10.00. The van der Waals surface area contributed by atoms with Gasteiger partial charge in [0.05, 0.1) is 5.54 Å². The van der Waals surface area contributed by atoms with E-state index in [0.717, 1.165) is 18.4 Å². The number of carbonyl (C=O) groups is 1. The highest BCUT2D eigenvalue weighted by atomic mass is 35.5. The molecule has 0 heterocycles. The molecule has 0 bridgehead atoms. The summed E-state index contributed by atoms with van der Waals surface area (Å²) in [7, 11) is 1.78. The van der Waals surface area contributed by atoms with Crippen LogP contribution in [0.2, 0.25) is 5.02 Å². The normalized spacial score (nSPS) is 16.9. The number of nitrogens with zero attached hydrogens (tertiary/aromatic N) is 1. The summed E-state index contributed by atoms with van der Waals surface area (Å²) in [5.41, 5.74) is 6.33. The van der Waals surface area contributed by atoms with Crippen molar-refractivity contribution in [3.63, 3.8) is 0 Å². The summed E-state index contributed by atoms with van der Waals surface area (Å²) < 4.78 is 0. The van der Waals surface area contributed by atoms with Gasteiger partial charge in [0, 0.05) is 18.6 Å². The van der Waals surface area contributed by atoms with E-state index < -0.39 is 5.54 Å². The topological polar surface area (TPSA) is 46.3 Å². The highest BCUT2D eigenvalue weighted by Crippen LogP contribution is 2.34. The molecule has 86 valence electrons. The molecule has 1 aromatic rings. The molecule has 1 amide bonds. The highest BCUT2D eigenvalue weighted by molar-refractivity contribution is 6.30. The second-order valence-corrected chi connectivity index (χ2v) is 4.88. The minimum Gasteiger partial charge on any atom is -0.340 e. The van der Waals surface area contributed by atoms with E-state index in [1.165, 1.54) is 0 Å². The summed E-state index contributed by atoms with van der Waals surface area (Å²) in [6.45, 7) is 0.578. The van der Waals surface area contributed by atoms with E-state index in [0.29, 0.717) is 11.6 Å². The van der Waals surface area contributed by atoms with E-state index in [-0.39, 0.29) is 5.91 Å². The summed E-state index contributed by atoms with van der Waals surface area (Å²) in [4.78, 5) is 13.6. The van der Waals surface area contributed by atoms with Gasteiger partial charge in [-0.15, -0.1) is 0 Å². The van der Waals surface area contributed by atoms with Gasteiger partial charge in [0.25, 0.3) is 0 Å². The van der Waals surface area contributed by atoms with E-state index in [2.05, 4.69) is 0 Å². The minimum absolute atomic E-state index is 0.0300. The Balaban J connectivity index is 1.99. The van der Waals surface area contributed by atoms with Crippen LogP contribution < -0.4 is 5.73 Å². The van der Waals surface area contributed by atoms with Gasteiger partial charge >= 0.3 is 0 Å². The van der Waals surface area contributed by atoms with Crippen LogP contribution >= 0.6 is 11.6 Å². The fourth-order valence-corrected chi connectivity index (χ4v) is 1.79. The third-order valence-corrected chi connectivity index (χ3v) is 3.15. The lowest BCUT2D eigenvalue weighted by Gasteiger charge is -2.20. The molecule has 2 N–H and O–H groups in total. The first-order valence-electron chi connectivity index (χ1n) is 5.30. The van der Waals surface area contributed by atoms with Crippen molar-refractivity contribution in [3.05, 3.63) is 34.9 Å². The molecular weight excluding hydrogens is 224 g/mol. The zero-order valence-electron chi connectivity index (χ0n) is 9.24. The van der Waals surface area contributed by atoms with E-state index in [9.17, 15) is 4.79 Å². The van der Waals surface area contributed by atoms with Crippen molar-refractivity contribution in [1.82, 2.24) is 4.90 Å². The molecule has 1 saturated carbocycles. The number of likely N-dealkylation sites (N-methyl/N-ethyl adjacent to an activating group) is 1. The Morgan fingerprint density at radius 1 is 1.44 bits per heavy atom. The van der Waals surface area contributed by atoms with Crippen molar-refractivity contribution in [2.45, 2.75) is 24.9 Å². The summed E-state index contributed by atoms with van der Waals surface area (Å²) >= 11 is 5.79. The number of hydrogen-bond acceptors (Lipinski definition) is 2. The fourth-order valence-electron chi connectivity index (χ4n) is 1.66. The Morgan fingerprint density at radius 3 is 2.50 bits per heavy atom. The molecule has 16 heavy (non-hydrogen) atoms. The van der Waals surface area contributed by atoms with Crippen LogP contribution in [0.15, 0.2) is 24.3 Å².